The summed E-state index contributed by atoms with van der Waals surface area (Å²) >= 11 is 0. The van der Waals surface area contributed by atoms with Crippen molar-refractivity contribution in [2.24, 2.45) is 5.41 Å². The largest absolute Gasteiger partial charge is 0.480 e. The fourth-order valence-corrected chi connectivity index (χ4v) is 5.35. The summed E-state index contributed by atoms with van der Waals surface area (Å²) in [4.78, 5) is 13.0. The minimum Gasteiger partial charge on any atom is -0.480 e. The minimum atomic E-state index is -2.98. The van der Waals surface area contributed by atoms with Crippen molar-refractivity contribution in [2.75, 3.05) is 18.1 Å². The highest BCUT2D eigenvalue weighted by Crippen LogP contribution is 2.42. The van der Waals surface area contributed by atoms with E-state index < -0.39 is 15.8 Å². The molecular formula is C13H23NO4S. The maximum Gasteiger partial charge on any atom is 0.317 e. The number of nitrogens with zero attached hydrogens (tertiary/aromatic N) is 1. The van der Waals surface area contributed by atoms with Gasteiger partial charge in [-0.25, -0.2) is 8.42 Å². The quantitative estimate of drug-likeness (QED) is 0.840. The molecule has 5 nitrogen and oxygen atoms in total. The normalized spacial score (nSPS) is 32.8. The molecule has 0 radical (unpaired) electrons. The molecule has 2 rings (SSSR count). The van der Waals surface area contributed by atoms with E-state index in [0.29, 0.717) is 6.42 Å². The highest BCUT2D eigenvalue weighted by Gasteiger charge is 2.44. The SMILES string of the molecule is CC1(C)CCCC1N(CC(=O)O)C1CCS(=O)(=O)C1. The fraction of sp³-hybridized carbons (Fsp3) is 0.923. The molecule has 110 valence electrons. The molecule has 2 unspecified atom stereocenters. The van der Waals surface area contributed by atoms with Gasteiger partial charge < -0.3 is 5.11 Å². The third-order valence-electron chi connectivity index (χ3n) is 4.60. The van der Waals surface area contributed by atoms with E-state index in [1.165, 1.54) is 0 Å². The van der Waals surface area contributed by atoms with Crippen molar-refractivity contribution in [3.05, 3.63) is 0 Å². The smallest absolute Gasteiger partial charge is 0.317 e. The summed E-state index contributed by atoms with van der Waals surface area (Å²) in [5.74, 6) is -0.555. The number of hydrogen-bond acceptors (Lipinski definition) is 4. The molecule has 1 saturated carbocycles. The van der Waals surface area contributed by atoms with Gasteiger partial charge in [0.2, 0.25) is 0 Å². The molecule has 0 aromatic carbocycles. The van der Waals surface area contributed by atoms with Gasteiger partial charge in [-0.05, 0) is 24.7 Å². The highest BCUT2D eigenvalue weighted by atomic mass is 32.2. The molecule has 2 fully saturated rings. The van der Waals surface area contributed by atoms with Gasteiger partial charge in [-0.15, -0.1) is 0 Å². The molecular weight excluding hydrogens is 266 g/mol. The molecule has 0 aromatic heterocycles. The Bertz CT molecular complexity index is 457. The first-order chi connectivity index (χ1) is 8.71. The molecule has 1 N–H and O–H groups in total. The Morgan fingerprint density at radius 3 is 2.47 bits per heavy atom. The molecule has 2 atom stereocenters. The number of sulfone groups is 1. The lowest BCUT2D eigenvalue weighted by Crippen LogP contribution is -2.50. The van der Waals surface area contributed by atoms with Crippen LogP contribution in [0, 0.1) is 5.41 Å². The number of carboxylic acids is 1. The molecule has 6 heteroatoms. The van der Waals surface area contributed by atoms with Gasteiger partial charge in [0.05, 0.1) is 18.1 Å². The molecule has 0 amide bonds. The van der Waals surface area contributed by atoms with Crippen LogP contribution in [0.5, 0.6) is 0 Å². The maximum atomic E-state index is 11.6. The lowest BCUT2D eigenvalue weighted by molar-refractivity contribution is -0.140. The number of rotatable bonds is 4. The van der Waals surface area contributed by atoms with Crippen LogP contribution in [-0.2, 0) is 14.6 Å². The van der Waals surface area contributed by atoms with Crippen LogP contribution in [0.4, 0.5) is 0 Å². The first kappa shape index (κ1) is 14.8. The minimum absolute atomic E-state index is 0.0473. The van der Waals surface area contributed by atoms with Gasteiger partial charge in [0.15, 0.2) is 9.84 Å². The Morgan fingerprint density at radius 1 is 1.37 bits per heavy atom. The van der Waals surface area contributed by atoms with E-state index in [-0.39, 0.29) is 35.5 Å². The zero-order valence-corrected chi connectivity index (χ0v) is 12.4. The Hall–Kier alpha value is -0.620. The van der Waals surface area contributed by atoms with Gasteiger partial charge in [0, 0.05) is 12.1 Å². The van der Waals surface area contributed by atoms with Crippen molar-refractivity contribution in [1.29, 1.82) is 0 Å². The Balaban J connectivity index is 2.19. The average molecular weight is 289 g/mol. The lowest BCUT2D eigenvalue weighted by atomic mass is 9.85. The average Bonchev–Trinajstić information content (AvgIpc) is 2.77. The van der Waals surface area contributed by atoms with E-state index in [9.17, 15) is 13.2 Å². The van der Waals surface area contributed by atoms with E-state index in [2.05, 4.69) is 13.8 Å². The van der Waals surface area contributed by atoms with Gasteiger partial charge >= 0.3 is 5.97 Å². The Kier molecular flexibility index (Phi) is 3.93. The summed E-state index contributed by atoms with van der Waals surface area (Å²) in [6.45, 7) is 4.26. The van der Waals surface area contributed by atoms with Gasteiger partial charge in [-0.1, -0.05) is 20.3 Å². The van der Waals surface area contributed by atoms with E-state index >= 15 is 0 Å². The summed E-state index contributed by atoms with van der Waals surface area (Å²) in [5.41, 5.74) is 0.0712. The van der Waals surface area contributed by atoms with Gasteiger partial charge in [-0.3, -0.25) is 9.69 Å². The van der Waals surface area contributed by atoms with Crippen molar-refractivity contribution < 1.29 is 18.3 Å². The van der Waals surface area contributed by atoms with Crippen molar-refractivity contribution >= 4 is 15.8 Å². The van der Waals surface area contributed by atoms with Gasteiger partial charge in [-0.2, -0.15) is 0 Å². The number of aliphatic carboxylic acids is 1. The third-order valence-corrected chi connectivity index (χ3v) is 6.35. The van der Waals surface area contributed by atoms with Crippen LogP contribution in [0.15, 0.2) is 0 Å². The Labute approximate surface area is 114 Å². The summed E-state index contributed by atoms with van der Waals surface area (Å²) in [5, 5.41) is 9.11. The van der Waals surface area contributed by atoms with Crippen LogP contribution >= 0.6 is 0 Å². The highest BCUT2D eigenvalue weighted by molar-refractivity contribution is 7.91. The molecule has 1 aliphatic carbocycles. The predicted molar refractivity (Wildman–Crippen MR) is 72.8 cm³/mol. The van der Waals surface area contributed by atoms with E-state index in [1.54, 1.807) is 0 Å². The standard InChI is InChI=1S/C13H23NO4S/c1-13(2)6-3-4-11(13)14(8-12(15)16)10-5-7-19(17,18)9-10/h10-11H,3-9H2,1-2H3,(H,15,16). The van der Waals surface area contributed by atoms with Gasteiger partial charge in [0.1, 0.15) is 0 Å². The first-order valence-electron chi connectivity index (χ1n) is 6.89. The topological polar surface area (TPSA) is 74.7 Å². The van der Waals surface area contributed by atoms with Crippen LogP contribution in [0.1, 0.15) is 39.5 Å². The van der Waals surface area contributed by atoms with Crippen molar-refractivity contribution in [1.82, 2.24) is 4.90 Å². The molecule has 1 aliphatic heterocycles. The maximum absolute atomic E-state index is 11.6. The molecule has 1 saturated heterocycles. The molecule has 19 heavy (non-hydrogen) atoms. The monoisotopic (exact) mass is 289 g/mol. The lowest BCUT2D eigenvalue weighted by Gasteiger charge is -2.40. The summed E-state index contributed by atoms with van der Waals surface area (Å²) in [6.07, 6.45) is 3.71. The zero-order chi connectivity index (χ0) is 14.3. The van der Waals surface area contributed by atoms with Crippen LogP contribution in [0.2, 0.25) is 0 Å². The van der Waals surface area contributed by atoms with Crippen LogP contribution in [-0.4, -0.2) is 54.5 Å². The summed E-state index contributed by atoms with van der Waals surface area (Å²) < 4.78 is 23.3. The van der Waals surface area contributed by atoms with Gasteiger partial charge in [0.25, 0.3) is 0 Å². The zero-order valence-electron chi connectivity index (χ0n) is 11.6. The molecule has 2 aliphatic rings. The second kappa shape index (κ2) is 5.05. The van der Waals surface area contributed by atoms with Crippen LogP contribution in [0.25, 0.3) is 0 Å². The van der Waals surface area contributed by atoms with Crippen LogP contribution < -0.4 is 0 Å². The molecule has 0 bridgehead atoms. The number of carboxylic acid groups (broad SMARTS) is 1. The van der Waals surface area contributed by atoms with E-state index in [4.69, 9.17) is 5.11 Å². The number of hydrogen-bond donors (Lipinski definition) is 1. The summed E-state index contributed by atoms with van der Waals surface area (Å²) in [7, 11) is -2.98. The van der Waals surface area contributed by atoms with Crippen molar-refractivity contribution in [3.63, 3.8) is 0 Å². The second-order valence-electron chi connectivity index (χ2n) is 6.52. The second-order valence-corrected chi connectivity index (χ2v) is 8.75. The molecule has 0 spiro atoms. The van der Waals surface area contributed by atoms with Crippen molar-refractivity contribution in [3.8, 4) is 0 Å². The molecule has 0 aromatic rings. The fourth-order valence-electron chi connectivity index (χ4n) is 3.61. The van der Waals surface area contributed by atoms with Crippen molar-refractivity contribution in [2.45, 2.75) is 51.6 Å². The first-order valence-corrected chi connectivity index (χ1v) is 8.71. The number of carbonyl (C=O) groups is 1. The predicted octanol–water partition coefficient (Wildman–Crippen LogP) is 1.14. The van der Waals surface area contributed by atoms with E-state index in [1.807, 2.05) is 4.90 Å². The molecule has 1 heterocycles. The summed E-state index contributed by atoms with van der Waals surface area (Å²) in [6, 6.07) is 0.0605. The van der Waals surface area contributed by atoms with E-state index in [0.717, 1.165) is 19.3 Å². The van der Waals surface area contributed by atoms with Crippen LogP contribution in [0.3, 0.4) is 0 Å². The third kappa shape index (κ3) is 3.28. The Morgan fingerprint density at radius 2 is 2.05 bits per heavy atom.